The highest BCUT2D eigenvalue weighted by Crippen LogP contribution is 2.12. The monoisotopic (exact) mass is 368 g/mol. The Kier molecular flexibility index (Phi) is 21.4. The van der Waals surface area contributed by atoms with E-state index in [1.165, 1.54) is 83.5 Å². The molecule has 0 aromatic heterocycles. The van der Waals surface area contributed by atoms with Crippen LogP contribution in [0.5, 0.6) is 0 Å². The molecule has 3 nitrogen and oxygen atoms in total. The van der Waals surface area contributed by atoms with Gasteiger partial charge >= 0.3 is 5.97 Å². The average Bonchev–Trinajstić information content (AvgIpc) is 2.65. The second-order valence-corrected chi connectivity index (χ2v) is 7.58. The van der Waals surface area contributed by atoms with Crippen molar-refractivity contribution in [2.75, 3.05) is 6.61 Å². The summed E-state index contributed by atoms with van der Waals surface area (Å²) in [6.45, 7) is 2.83. The van der Waals surface area contributed by atoms with E-state index >= 15 is 0 Å². The molecule has 0 aliphatic heterocycles. The predicted octanol–water partition coefficient (Wildman–Crippen LogP) is 7.16. The van der Waals surface area contributed by atoms with Gasteiger partial charge in [0.15, 0.2) is 0 Å². The van der Waals surface area contributed by atoms with Gasteiger partial charge in [-0.05, 0) is 19.3 Å². The van der Waals surface area contributed by atoms with E-state index in [1.807, 2.05) is 0 Å². The van der Waals surface area contributed by atoms with Crippen molar-refractivity contribution in [1.82, 2.24) is 0 Å². The number of aldehydes is 1. The van der Waals surface area contributed by atoms with E-state index in [4.69, 9.17) is 4.74 Å². The predicted molar refractivity (Wildman–Crippen MR) is 110 cm³/mol. The number of carbonyl (C=O) groups excluding carboxylic acids is 2. The topological polar surface area (TPSA) is 43.4 Å². The standard InChI is InChI=1S/C23H44O3/c1-2-3-4-5-14-17-20-23(25)26-22-19-16-13-11-9-7-6-8-10-12-15-18-21-24/h21H,2-20,22H2,1H3. The first kappa shape index (κ1) is 25.1. The van der Waals surface area contributed by atoms with E-state index in [0.29, 0.717) is 13.0 Å². The van der Waals surface area contributed by atoms with Gasteiger partial charge in [-0.2, -0.15) is 0 Å². The molecule has 0 unspecified atom stereocenters. The molecule has 0 saturated carbocycles. The van der Waals surface area contributed by atoms with Crippen LogP contribution in [0.2, 0.25) is 0 Å². The number of hydrogen-bond donors (Lipinski definition) is 0. The van der Waals surface area contributed by atoms with Crippen LogP contribution < -0.4 is 0 Å². The van der Waals surface area contributed by atoms with E-state index in [-0.39, 0.29) is 5.97 Å². The van der Waals surface area contributed by atoms with Gasteiger partial charge in [-0.15, -0.1) is 0 Å². The molecule has 0 aromatic rings. The minimum absolute atomic E-state index is 0.00589. The third kappa shape index (κ3) is 21.2. The first-order chi connectivity index (χ1) is 12.8. The molecule has 154 valence electrons. The summed E-state index contributed by atoms with van der Waals surface area (Å²) in [6, 6.07) is 0. The Morgan fingerprint density at radius 1 is 0.654 bits per heavy atom. The molecule has 0 amide bonds. The summed E-state index contributed by atoms with van der Waals surface area (Å²) in [7, 11) is 0. The maximum Gasteiger partial charge on any atom is 0.305 e. The van der Waals surface area contributed by atoms with Gasteiger partial charge in [0.25, 0.3) is 0 Å². The Balaban J connectivity index is 3.11. The fourth-order valence-corrected chi connectivity index (χ4v) is 3.23. The van der Waals surface area contributed by atoms with Crippen molar-refractivity contribution in [3.63, 3.8) is 0 Å². The summed E-state index contributed by atoms with van der Waals surface area (Å²) in [6.07, 6.45) is 23.2. The molecule has 0 rings (SSSR count). The molecule has 0 aromatic carbocycles. The highest BCUT2D eigenvalue weighted by atomic mass is 16.5. The van der Waals surface area contributed by atoms with E-state index in [0.717, 1.165) is 38.4 Å². The lowest BCUT2D eigenvalue weighted by Gasteiger charge is -2.05. The van der Waals surface area contributed by atoms with Crippen molar-refractivity contribution in [2.45, 2.75) is 129 Å². The molecule has 0 atom stereocenters. The van der Waals surface area contributed by atoms with Crippen molar-refractivity contribution < 1.29 is 14.3 Å². The Morgan fingerprint density at radius 2 is 1.12 bits per heavy atom. The van der Waals surface area contributed by atoms with Crippen molar-refractivity contribution in [1.29, 1.82) is 0 Å². The van der Waals surface area contributed by atoms with E-state index in [9.17, 15) is 9.59 Å². The summed E-state index contributed by atoms with van der Waals surface area (Å²) in [5.74, 6) is -0.00589. The van der Waals surface area contributed by atoms with Gasteiger partial charge < -0.3 is 9.53 Å². The minimum atomic E-state index is -0.00589. The number of carbonyl (C=O) groups is 2. The zero-order valence-corrected chi connectivity index (χ0v) is 17.4. The Morgan fingerprint density at radius 3 is 1.65 bits per heavy atom. The number of unbranched alkanes of at least 4 members (excludes halogenated alkanes) is 16. The second-order valence-electron chi connectivity index (χ2n) is 7.58. The third-order valence-corrected chi connectivity index (χ3v) is 4.96. The SMILES string of the molecule is CCCCCCCCC(=O)OCCCCCCCCCCCCCC=O. The van der Waals surface area contributed by atoms with Gasteiger partial charge in [-0.25, -0.2) is 0 Å². The lowest BCUT2D eigenvalue weighted by Crippen LogP contribution is -2.05. The van der Waals surface area contributed by atoms with Gasteiger partial charge in [0, 0.05) is 12.8 Å². The fourth-order valence-electron chi connectivity index (χ4n) is 3.23. The van der Waals surface area contributed by atoms with Gasteiger partial charge in [0.2, 0.25) is 0 Å². The van der Waals surface area contributed by atoms with Crippen molar-refractivity contribution in [2.24, 2.45) is 0 Å². The van der Waals surface area contributed by atoms with Gasteiger partial charge in [0.05, 0.1) is 6.61 Å². The molecular weight excluding hydrogens is 324 g/mol. The van der Waals surface area contributed by atoms with Crippen LogP contribution >= 0.6 is 0 Å². The highest BCUT2D eigenvalue weighted by Gasteiger charge is 2.02. The third-order valence-electron chi connectivity index (χ3n) is 4.96. The fraction of sp³-hybridized carbons (Fsp3) is 0.913. The Labute approximate surface area is 162 Å². The van der Waals surface area contributed by atoms with Crippen LogP contribution in [0.4, 0.5) is 0 Å². The van der Waals surface area contributed by atoms with Crippen LogP contribution in [0.3, 0.4) is 0 Å². The first-order valence-electron chi connectivity index (χ1n) is 11.4. The van der Waals surface area contributed by atoms with E-state index < -0.39 is 0 Å². The summed E-state index contributed by atoms with van der Waals surface area (Å²) in [5.41, 5.74) is 0. The van der Waals surface area contributed by atoms with Crippen LogP contribution in [-0.2, 0) is 14.3 Å². The smallest absolute Gasteiger partial charge is 0.305 e. The molecule has 0 fully saturated rings. The molecule has 0 radical (unpaired) electrons. The molecular formula is C23H44O3. The van der Waals surface area contributed by atoms with Crippen LogP contribution in [-0.4, -0.2) is 18.9 Å². The molecule has 0 saturated heterocycles. The number of hydrogen-bond acceptors (Lipinski definition) is 3. The minimum Gasteiger partial charge on any atom is -0.466 e. The summed E-state index contributed by atoms with van der Waals surface area (Å²) < 4.78 is 5.31. The second kappa shape index (κ2) is 22.2. The van der Waals surface area contributed by atoms with Gasteiger partial charge in [-0.3, -0.25) is 4.79 Å². The summed E-state index contributed by atoms with van der Waals surface area (Å²) in [4.78, 5) is 21.8. The Hall–Kier alpha value is -0.860. The average molecular weight is 369 g/mol. The number of ether oxygens (including phenoxy) is 1. The van der Waals surface area contributed by atoms with Crippen molar-refractivity contribution in [3.05, 3.63) is 0 Å². The van der Waals surface area contributed by atoms with Crippen LogP contribution in [0.1, 0.15) is 129 Å². The largest absolute Gasteiger partial charge is 0.466 e. The van der Waals surface area contributed by atoms with Crippen LogP contribution in [0, 0.1) is 0 Å². The molecule has 3 heteroatoms. The van der Waals surface area contributed by atoms with Gasteiger partial charge in [0.1, 0.15) is 6.29 Å². The van der Waals surface area contributed by atoms with Crippen molar-refractivity contribution >= 4 is 12.3 Å². The molecule has 0 bridgehead atoms. The highest BCUT2D eigenvalue weighted by molar-refractivity contribution is 5.69. The van der Waals surface area contributed by atoms with Crippen molar-refractivity contribution in [3.8, 4) is 0 Å². The molecule has 0 spiro atoms. The lowest BCUT2D eigenvalue weighted by molar-refractivity contribution is -0.143. The molecule has 0 N–H and O–H groups in total. The first-order valence-corrected chi connectivity index (χ1v) is 11.4. The summed E-state index contributed by atoms with van der Waals surface area (Å²) >= 11 is 0. The van der Waals surface area contributed by atoms with E-state index in [2.05, 4.69) is 6.92 Å². The van der Waals surface area contributed by atoms with E-state index in [1.54, 1.807) is 0 Å². The maximum absolute atomic E-state index is 11.6. The van der Waals surface area contributed by atoms with Gasteiger partial charge in [-0.1, -0.05) is 96.8 Å². The maximum atomic E-state index is 11.6. The van der Waals surface area contributed by atoms with Crippen LogP contribution in [0.25, 0.3) is 0 Å². The Bertz CT molecular complexity index is 302. The lowest BCUT2D eigenvalue weighted by atomic mass is 10.1. The zero-order chi connectivity index (χ0) is 19.1. The van der Waals surface area contributed by atoms with Crippen LogP contribution in [0.15, 0.2) is 0 Å². The quantitative estimate of drug-likeness (QED) is 0.123. The number of rotatable bonds is 21. The molecule has 0 aliphatic rings. The molecule has 0 heterocycles. The summed E-state index contributed by atoms with van der Waals surface area (Å²) in [5, 5.41) is 0. The zero-order valence-electron chi connectivity index (χ0n) is 17.4. The number of esters is 1. The normalized spacial score (nSPS) is 10.8. The molecule has 0 aliphatic carbocycles. The molecule has 26 heavy (non-hydrogen) atoms.